The predicted molar refractivity (Wildman–Crippen MR) is 96.6 cm³/mol. The number of anilines is 1. The van der Waals surface area contributed by atoms with E-state index in [2.05, 4.69) is 19.9 Å². The first-order valence-electron chi connectivity index (χ1n) is 7.60. The monoisotopic (exact) mass is 338 g/mol. The lowest BCUT2D eigenvalue weighted by Crippen LogP contribution is -2.15. The summed E-state index contributed by atoms with van der Waals surface area (Å²) in [4.78, 5) is 20.8. The summed E-state index contributed by atoms with van der Waals surface area (Å²) in [6, 6.07) is 15.5. The first-order chi connectivity index (χ1) is 11.6. The van der Waals surface area contributed by atoms with Crippen LogP contribution in [-0.2, 0) is 4.79 Å². The topological polar surface area (TPSA) is 59.8 Å². The van der Waals surface area contributed by atoms with Gasteiger partial charge in [0.2, 0.25) is 5.91 Å². The van der Waals surface area contributed by atoms with Crippen LogP contribution < -0.4 is 5.32 Å². The number of nitrogens with zero attached hydrogens (tertiary/aromatic N) is 3. The van der Waals surface area contributed by atoms with Gasteiger partial charge >= 0.3 is 0 Å². The summed E-state index contributed by atoms with van der Waals surface area (Å²) >= 11 is 1.42. The quantitative estimate of drug-likeness (QED) is 0.722. The highest BCUT2D eigenvalue weighted by Crippen LogP contribution is 2.25. The Balaban J connectivity index is 1.74. The maximum absolute atomic E-state index is 12.1. The average molecular weight is 338 g/mol. The molecule has 0 fully saturated rings. The van der Waals surface area contributed by atoms with Gasteiger partial charge < -0.3 is 5.32 Å². The lowest BCUT2D eigenvalue weighted by atomic mass is 10.3. The number of aromatic nitrogens is 3. The van der Waals surface area contributed by atoms with Crippen molar-refractivity contribution in [2.75, 3.05) is 11.1 Å². The standard InChI is InChI=1S/C18H18N4OS/c1-13-14(2)22(15-8-4-3-5-9-15)18(20-13)24-12-17(23)21-16-10-6-7-11-19-16/h3-11H,12H2,1-2H3,(H,19,21,23). The number of hydrogen-bond donors (Lipinski definition) is 1. The van der Waals surface area contributed by atoms with E-state index < -0.39 is 0 Å². The molecule has 0 aliphatic heterocycles. The zero-order chi connectivity index (χ0) is 16.9. The molecule has 5 nitrogen and oxygen atoms in total. The minimum atomic E-state index is -0.100. The van der Waals surface area contributed by atoms with Crippen molar-refractivity contribution < 1.29 is 4.79 Å². The van der Waals surface area contributed by atoms with Gasteiger partial charge in [0.15, 0.2) is 5.16 Å². The number of carbonyl (C=O) groups excluding carboxylic acids is 1. The van der Waals surface area contributed by atoms with E-state index >= 15 is 0 Å². The van der Waals surface area contributed by atoms with Gasteiger partial charge in [-0.25, -0.2) is 9.97 Å². The number of aryl methyl sites for hydroxylation is 1. The van der Waals surface area contributed by atoms with Gasteiger partial charge in [0.05, 0.1) is 11.4 Å². The van der Waals surface area contributed by atoms with Gasteiger partial charge in [-0.05, 0) is 38.1 Å². The molecule has 1 aromatic carbocycles. The zero-order valence-corrected chi connectivity index (χ0v) is 14.4. The number of hydrogen-bond acceptors (Lipinski definition) is 4. The van der Waals surface area contributed by atoms with Crippen LogP contribution in [0.5, 0.6) is 0 Å². The first-order valence-corrected chi connectivity index (χ1v) is 8.59. The Labute approximate surface area is 145 Å². The largest absolute Gasteiger partial charge is 0.310 e. The number of para-hydroxylation sites is 1. The van der Waals surface area contributed by atoms with Crippen molar-refractivity contribution in [1.82, 2.24) is 14.5 Å². The summed E-state index contributed by atoms with van der Waals surface area (Å²) in [5.74, 6) is 0.734. The number of amides is 1. The van der Waals surface area contributed by atoms with Crippen molar-refractivity contribution in [1.29, 1.82) is 0 Å². The summed E-state index contributed by atoms with van der Waals surface area (Å²) in [6.07, 6.45) is 1.65. The van der Waals surface area contributed by atoms with E-state index in [0.29, 0.717) is 5.82 Å². The molecule has 2 aromatic heterocycles. The summed E-state index contributed by atoms with van der Waals surface area (Å²) in [6.45, 7) is 4.01. The third-order valence-electron chi connectivity index (χ3n) is 3.59. The van der Waals surface area contributed by atoms with Gasteiger partial charge in [0.1, 0.15) is 5.82 Å². The van der Waals surface area contributed by atoms with E-state index in [9.17, 15) is 4.79 Å². The SMILES string of the molecule is Cc1nc(SCC(=O)Nc2ccccn2)n(-c2ccccc2)c1C. The van der Waals surface area contributed by atoms with Crippen LogP contribution >= 0.6 is 11.8 Å². The average Bonchev–Trinajstić information content (AvgIpc) is 2.89. The molecule has 3 aromatic rings. The summed E-state index contributed by atoms with van der Waals surface area (Å²) < 4.78 is 2.08. The number of pyridine rings is 1. The summed E-state index contributed by atoms with van der Waals surface area (Å²) in [7, 11) is 0. The van der Waals surface area contributed by atoms with E-state index in [4.69, 9.17) is 0 Å². The Bertz CT molecular complexity index is 831. The Kier molecular flexibility index (Phi) is 4.96. The molecule has 2 heterocycles. The number of rotatable bonds is 5. The van der Waals surface area contributed by atoms with Crippen molar-refractivity contribution in [3.8, 4) is 5.69 Å². The van der Waals surface area contributed by atoms with Crippen LogP contribution in [0.4, 0.5) is 5.82 Å². The maximum Gasteiger partial charge on any atom is 0.236 e. The molecular weight excluding hydrogens is 320 g/mol. The molecular formula is C18H18N4OS. The lowest BCUT2D eigenvalue weighted by Gasteiger charge is -2.09. The highest BCUT2D eigenvalue weighted by Gasteiger charge is 2.14. The second-order valence-corrected chi connectivity index (χ2v) is 6.23. The molecule has 0 saturated carbocycles. The van der Waals surface area contributed by atoms with Gasteiger partial charge in [-0.15, -0.1) is 0 Å². The summed E-state index contributed by atoms with van der Waals surface area (Å²) in [5, 5.41) is 3.60. The van der Waals surface area contributed by atoms with Crippen LogP contribution in [0.1, 0.15) is 11.4 Å². The van der Waals surface area contributed by atoms with Gasteiger partial charge in [-0.3, -0.25) is 9.36 Å². The molecule has 122 valence electrons. The molecule has 0 atom stereocenters. The lowest BCUT2D eigenvalue weighted by molar-refractivity contribution is -0.113. The van der Waals surface area contributed by atoms with Crippen molar-refractivity contribution in [3.05, 3.63) is 66.1 Å². The highest BCUT2D eigenvalue weighted by molar-refractivity contribution is 7.99. The van der Waals surface area contributed by atoms with Crippen molar-refractivity contribution in [2.24, 2.45) is 0 Å². The minimum absolute atomic E-state index is 0.100. The molecule has 1 amide bonds. The van der Waals surface area contributed by atoms with E-state index in [-0.39, 0.29) is 11.7 Å². The number of benzene rings is 1. The van der Waals surface area contributed by atoms with Crippen molar-refractivity contribution in [3.63, 3.8) is 0 Å². The second kappa shape index (κ2) is 7.31. The van der Waals surface area contributed by atoms with Crippen molar-refractivity contribution in [2.45, 2.75) is 19.0 Å². The fourth-order valence-corrected chi connectivity index (χ4v) is 3.21. The van der Waals surface area contributed by atoms with Crippen molar-refractivity contribution >= 4 is 23.5 Å². The Morgan fingerprint density at radius 1 is 1.12 bits per heavy atom. The highest BCUT2D eigenvalue weighted by atomic mass is 32.2. The van der Waals surface area contributed by atoms with Gasteiger partial charge in [-0.1, -0.05) is 36.0 Å². The Hall–Kier alpha value is -2.60. The number of carbonyl (C=O) groups is 1. The predicted octanol–water partition coefficient (Wildman–Crippen LogP) is 3.61. The first kappa shape index (κ1) is 16.3. The van der Waals surface area contributed by atoms with Crippen LogP contribution in [0.3, 0.4) is 0 Å². The number of imidazole rings is 1. The second-order valence-electron chi connectivity index (χ2n) is 5.29. The molecule has 1 N–H and O–H groups in total. The van der Waals surface area contributed by atoms with Crippen LogP contribution in [0.2, 0.25) is 0 Å². The molecule has 0 saturated heterocycles. The Morgan fingerprint density at radius 3 is 2.58 bits per heavy atom. The number of nitrogens with one attached hydrogen (secondary N) is 1. The van der Waals surface area contributed by atoms with Gasteiger partial charge in [0, 0.05) is 17.6 Å². The van der Waals surface area contributed by atoms with Gasteiger partial charge in [0.25, 0.3) is 0 Å². The third kappa shape index (κ3) is 3.65. The van der Waals surface area contributed by atoms with Crippen LogP contribution in [0, 0.1) is 13.8 Å². The fraction of sp³-hybridized carbons (Fsp3) is 0.167. The molecule has 0 bridgehead atoms. The van der Waals surface area contributed by atoms with E-state index in [1.165, 1.54) is 11.8 Å². The number of thioether (sulfide) groups is 1. The molecule has 3 rings (SSSR count). The van der Waals surface area contributed by atoms with E-state index in [1.807, 2.05) is 56.3 Å². The zero-order valence-electron chi connectivity index (χ0n) is 13.6. The molecule has 6 heteroatoms. The maximum atomic E-state index is 12.1. The molecule has 24 heavy (non-hydrogen) atoms. The summed E-state index contributed by atoms with van der Waals surface area (Å²) in [5.41, 5.74) is 3.09. The normalized spacial score (nSPS) is 10.6. The molecule has 0 aliphatic rings. The van der Waals surface area contributed by atoms with Crippen LogP contribution in [0.15, 0.2) is 59.9 Å². The smallest absolute Gasteiger partial charge is 0.236 e. The van der Waals surface area contributed by atoms with Crippen LogP contribution in [-0.4, -0.2) is 26.2 Å². The minimum Gasteiger partial charge on any atom is -0.310 e. The fourth-order valence-electron chi connectivity index (χ4n) is 2.30. The molecule has 0 spiro atoms. The van der Waals surface area contributed by atoms with E-state index in [1.54, 1.807) is 12.3 Å². The Morgan fingerprint density at radius 2 is 1.88 bits per heavy atom. The van der Waals surface area contributed by atoms with Gasteiger partial charge in [-0.2, -0.15) is 0 Å². The van der Waals surface area contributed by atoms with E-state index in [0.717, 1.165) is 22.2 Å². The van der Waals surface area contributed by atoms with Crippen LogP contribution in [0.25, 0.3) is 5.69 Å². The third-order valence-corrected chi connectivity index (χ3v) is 4.53. The molecule has 0 radical (unpaired) electrons. The molecule has 0 aliphatic carbocycles. The molecule has 0 unspecified atom stereocenters.